The van der Waals surface area contributed by atoms with Crippen LogP contribution in [-0.4, -0.2) is 42.4 Å². The van der Waals surface area contributed by atoms with E-state index in [1.54, 1.807) is 5.56 Å². The Balaban J connectivity index is 1.41. The standard InChI is InChI=1S/C29H41N2P/c1-5-13-25(14-6-1)29(31-23-21-30(22-24-31)26-15-7-2-8-16-26)32(27-17-9-3-10-18-27)28-19-11-4-12-20-28/h1-2,5-8,13-16,27-29H,3-4,9-12,17-24H2. The molecule has 2 aliphatic carbocycles. The fourth-order valence-corrected chi connectivity index (χ4v) is 11.0. The van der Waals surface area contributed by atoms with E-state index in [0.29, 0.717) is 5.78 Å². The van der Waals surface area contributed by atoms with E-state index < -0.39 is 0 Å². The third-order valence-electron chi connectivity index (χ3n) is 8.15. The summed E-state index contributed by atoms with van der Waals surface area (Å²) in [6.07, 6.45) is 14.8. The van der Waals surface area contributed by atoms with Gasteiger partial charge in [-0.3, -0.25) is 4.90 Å². The van der Waals surface area contributed by atoms with Crippen LogP contribution in [0.3, 0.4) is 0 Å². The van der Waals surface area contributed by atoms with Crippen molar-refractivity contribution in [2.24, 2.45) is 0 Å². The zero-order valence-corrected chi connectivity index (χ0v) is 20.6. The lowest BCUT2D eigenvalue weighted by Gasteiger charge is -2.49. The van der Waals surface area contributed by atoms with Gasteiger partial charge in [-0.1, -0.05) is 95.0 Å². The van der Waals surface area contributed by atoms with Crippen LogP contribution in [0.5, 0.6) is 0 Å². The molecule has 5 rings (SSSR count). The Morgan fingerprint density at radius 2 is 1.09 bits per heavy atom. The van der Waals surface area contributed by atoms with Crippen LogP contribution in [0.4, 0.5) is 5.69 Å². The van der Waals surface area contributed by atoms with Crippen LogP contribution in [0.15, 0.2) is 60.7 Å². The summed E-state index contributed by atoms with van der Waals surface area (Å²) >= 11 is 0. The maximum absolute atomic E-state index is 2.92. The van der Waals surface area contributed by atoms with Gasteiger partial charge >= 0.3 is 0 Å². The molecule has 0 aromatic heterocycles. The number of nitrogens with zero attached hydrogens (tertiary/aromatic N) is 2. The van der Waals surface area contributed by atoms with E-state index in [1.165, 1.54) is 83.0 Å². The molecule has 2 aromatic rings. The molecule has 0 N–H and O–H groups in total. The SMILES string of the molecule is c1ccc(C(N2CCN(c3ccccc3)CC2)P(C2CCCCC2)C2CCCCC2)cc1. The molecule has 3 aliphatic rings. The van der Waals surface area contributed by atoms with E-state index in [0.717, 1.165) is 24.4 Å². The van der Waals surface area contributed by atoms with Crippen molar-refractivity contribution in [2.75, 3.05) is 31.1 Å². The van der Waals surface area contributed by atoms with Gasteiger partial charge in [0.15, 0.2) is 0 Å². The zero-order chi connectivity index (χ0) is 21.6. The maximum atomic E-state index is 2.92. The molecule has 0 radical (unpaired) electrons. The molecule has 1 heterocycles. The Bertz CT molecular complexity index is 772. The topological polar surface area (TPSA) is 6.48 Å². The van der Waals surface area contributed by atoms with Crippen LogP contribution < -0.4 is 4.90 Å². The van der Waals surface area contributed by atoms with Crippen molar-refractivity contribution in [1.29, 1.82) is 0 Å². The fraction of sp³-hybridized carbons (Fsp3) is 0.586. The first-order chi connectivity index (χ1) is 15.9. The first kappa shape index (κ1) is 22.4. The van der Waals surface area contributed by atoms with Crippen molar-refractivity contribution in [3.8, 4) is 0 Å². The molecule has 1 saturated heterocycles. The number of piperazine rings is 1. The highest BCUT2D eigenvalue weighted by molar-refractivity contribution is 7.59. The molecule has 3 heteroatoms. The lowest BCUT2D eigenvalue weighted by atomic mass is 9.99. The van der Waals surface area contributed by atoms with E-state index in [2.05, 4.69) is 70.5 Å². The highest BCUT2D eigenvalue weighted by atomic mass is 31.1. The van der Waals surface area contributed by atoms with Gasteiger partial charge in [0.2, 0.25) is 0 Å². The Morgan fingerprint density at radius 1 is 0.594 bits per heavy atom. The molecule has 32 heavy (non-hydrogen) atoms. The number of hydrogen-bond acceptors (Lipinski definition) is 2. The summed E-state index contributed by atoms with van der Waals surface area (Å²) in [7, 11) is -0.0207. The van der Waals surface area contributed by atoms with Crippen molar-refractivity contribution < 1.29 is 0 Å². The van der Waals surface area contributed by atoms with E-state index >= 15 is 0 Å². The average molecular weight is 449 g/mol. The van der Waals surface area contributed by atoms with Crippen molar-refractivity contribution >= 4 is 13.6 Å². The minimum atomic E-state index is -0.0207. The summed E-state index contributed by atoms with van der Waals surface area (Å²) in [6.45, 7) is 4.72. The minimum Gasteiger partial charge on any atom is -0.369 e. The lowest BCUT2D eigenvalue weighted by molar-refractivity contribution is 0.235. The number of hydrogen-bond donors (Lipinski definition) is 0. The van der Waals surface area contributed by atoms with Crippen LogP contribution >= 0.6 is 7.92 Å². The number of anilines is 1. The predicted octanol–water partition coefficient (Wildman–Crippen LogP) is 7.65. The second-order valence-corrected chi connectivity index (χ2v) is 13.0. The van der Waals surface area contributed by atoms with Gasteiger partial charge in [0.05, 0.1) is 5.78 Å². The highest BCUT2D eigenvalue weighted by Gasteiger charge is 2.40. The number of rotatable bonds is 6. The second-order valence-electron chi connectivity index (χ2n) is 10.2. The molecule has 2 nitrogen and oxygen atoms in total. The molecule has 1 aliphatic heterocycles. The van der Waals surface area contributed by atoms with Gasteiger partial charge in [-0.15, -0.1) is 0 Å². The summed E-state index contributed by atoms with van der Waals surface area (Å²) in [4.78, 5) is 5.52. The first-order valence-electron chi connectivity index (χ1n) is 13.3. The summed E-state index contributed by atoms with van der Waals surface area (Å²) in [6, 6.07) is 22.7. The van der Waals surface area contributed by atoms with Crippen LogP contribution in [0.1, 0.15) is 75.6 Å². The molecule has 0 bridgehead atoms. The monoisotopic (exact) mass is 448 g/mol. The van der Waals surface area contributed by atoms with Gasteiger partial charge in [-0.2, -0.15) is 0 Å². The Morgan fingerprint density at radius 3 is 1.62 bits per heavy atom. The van der Waals surface area contributed by atoms with Gasteiger partial charge in [-0.05, 0) is 54.7 Å². The van der Waals surface area contributed by atoms with E-state index in [-0.39, 0.29) is 7.92 Å². The summed E-state index contributed by atoms with van der Waals surface area (Å²) in [5.74, 6) is 0.662. The number of benzene rings is 2. The van der Waals surface area contributed by atoms with Crippen molar-refractivity contribution in [2.45, 2.75) is 81.3 Å². The quantitative estimate of drug-likeness (QED) is 0.419. The third kappa shape index (κ3) is 5.23. The highest BCUT2D eigenvalue weighted by Crippen LogP contribution is 2.65. The van der Waals surface area contributed by atoms with Gasteiger partial charge in [0.25, 0.3) is 0 Å². The van der Waals surface area contributed by atoms with Crippen LogP contribution in [-0.2, 0) is 0 Å². The van der Waals surface area contributed by atoms with Crippen LogP contribution in [0, 0.1) is 0 Å². The van der Waals surface area contributed by atoms with Crippen LogP contribution in [0.2, 0.25) is 0 Å². The molecular formula is C29H41N2P. The third-order valence-corrected chi connectivity index (χ3v) is 12.1. The Kier molecular flexibility index (Phi) is 7.83. The molecule has 1 unspecified atom stereocenters. The van der Waals surface area contributed by atoms with E-state index in [4.69, 9.17) is 0 Å². The number of para-hydroxylation sites is 1. The molecule has 3 fully saturated rings. The zero-order valence-electron chi connectivity index (χ0n) is 19.7. The maximum Gasteiger partial charge on any atom is 0.0553 e. The molecule has 2 aromatic carbocycles. The van der Waals surface area contributed by atoms with Gasteiger partial charge in [0.1, 0.15) is 0 Å². The molecule has 172 valence electrons. The van der Waals surface area contributed by atoms with Crippen molar-refractivity contribution in [3.05, 3.63) is 66.2 Å². The molecule has 1 atom stereocenters. The smallest absolute Gasteiger partial charge is 0.0553 e. The van der Waals surface area contributed by atoms with Gasteiger partial charge in [-0.25, -0.2) is 0 Å². The summed E-state index contributed by atoms with van der Waals surface area (Å²) in [5, 5.41) is 0. The second kappa shape index (κ2) is 11.2. The van der Waals surface area contributed by atoms with Gasteiger partial charge in [0, 0.05) is 31.9 Å². The largest absolute Gasteiger partial charge is 0.369 e. The Labute approximate surface area is 197 Å². The van der Waals surface area contributed by atoms with Crippen molar-refractivity contribution in [1.82, 2.24) is 4.90 Å². The van der Waals surface area contributed by atoms with Gasteiger partial charge < -0.3 is 4.90 Å². The van der Waals surface area contributed by atoms with E-state index in [1.807, 2.05) is 0 Å². The normalized spacial score (nSPS) is 22.8. The molecular weight excluding hydrogens is 407 g/mol. The predicted molar refractivity (Wildman–Crippen MR) is 140 cm³/mol. The molecule has 2 saturated carbocycles. The average Bonchev–Trinajstić information content (AvgIpc) is 2.89. The minimum absolute atomic E-state index is 0.0207. The fourth-order valence-electron chi connectivity index (χ4n) is 6.52. The molecule has 0 amide bonds. The summed E-state index contributed by atoms with van der Waals surface area (Å²) < 4.78 is 0. The molecule has 0 spiro atoms. The van der Waals surface area contributed by atoms with E-state index in [9.17, 15) is 0 Å². The van der Waals surface area contributed by atoms with Crippen molar-refractivity contribution in [3.63, 3.8) is 0 Å². The first-order valence-corrected chi connectivity index (χ1v) is 14.8. The summed E-state index contributed by atoms with van der Waals surface area (Å²) in [5.41, 5.74) is 4.98. The van der Waals surface area contributed by atoms with Crippen LogP contribution in [0.25, 0.3) is 0 Å². The Hall–Kier alpha value is -1.37. The lowest BCUT2D eigenvalue weighted by Crippen LogP contribution is -2.48.